The van der Waals surface area contributed by atoms with Crippen LogP contribution in [-0.2, 0) is 6.42 Å². The number of aromatic hydroxyl groups is 1. The summed E-state index contributed by atoms with van der Waals surface area (Å²) in [5, 5.41) is 10.7. The van der Waals surface area contributed by atoms with Crippen LogP contribution < -0.4 is 9.47 Å². The summed E-state index contributed by atoms with van der Waals surface area (Å²) < 4.78 is 10.9. The number of rotatable bonds is 4. The summed E-state index contributed by atoms with van der Waals surface area (Å²) in [5.41, 5.74) is 4.87. The van der Waals surface area contributed by atoms with Crippen molar-refractivity contribution in [2.45, 2.75) is 20.3 Å². The van der Waals surface area contributed by atoms with Crippen molar-refractivity contribution in [1.82, 2.24) is 4.98 Å². The third-order valence-electron chi connectivity index (χ3n) is 4.26. The van der Waals surface area contributed by atoms with Crippen LogP contribution in [0.3, 0.4) is 0 Å². The number of phenolic OH excluding ortho intramolecular Hbond substituents is 1. The van der Waals surface area contributed by atoms with Gasteiger partial charge in [0.05, 0.1) is 19.9 Å². The highest BCUT2D eigenvalue weighted by molar-refractivity contribution is 5.91. The molecule has 0 unspecified atom stereocenters. The molecule has 0 saturated heterocycles. The van der Waals surface area contributed by atoms with Crippen LogP contribution in [0.15, 0.2) is 36.4 Å². The van der Waals surface area contributed by atoms with Crippen molar-refractivity contribution in [3.8, 4) is 28.5 Å². The maximum absolute atomic E-state index is 9.73. The number of pyridine rings is 1. The van der Waals surface area contributed by atoms with Gasteiger partial charge < -0.3 is 14.6 Å². The van der Waals surface area contributed by atoms with E-state index in [0.29, 0.717) is 5.75 Å². The molecule has 0 fully saturated rings. The molecule has 1 aromatic heterocycles. The first kappa shape index (κ1) is 16.1. The molecule has 3 aromatic rings. The maximum Gasteiger partial charge on any atom is 0.148 e. The molecule has 0 spiro atoms. The van der Waals surface area contributed by atoms with Crippen LogP contribution in [0, 0.1) is 6.92 Å². The number of phenols is 1. The number of fused-ring (bicyclic) bond motifs is 1. The van der Waals surface area contributed by atoms with E-state index in [4.69, 9.17) is 14.5 Å². The van der Waals surface area contributed by atoms with Crippen LogP contribution in [0.25, 0.3) is 22.2 Å². The summed E-state index contributed by atoms with van der Waals surface area (Å²) in [6.07, 6.45) is 0.822. The third kappa shape index (κ3) is 2.75. The number of aryl methyl sites for hydroxylation is 2. The van der Waals surface area contributed by atoms with Gasteiger partial charge in [-0.15, -0.1) is 0 Å². The maximum atomic E-state index is 9.73. The molecule has 4 heteroatoms. The predicted molar refractivity (Wildman–Crippen MR) is 96.1 cm³/mol. The molecule has 0 aliphatic heterocycles. The highest BCUT2D eigenvalue weighted by Gasteiger charge is 2.13. The van der Waals surface area contributed by atoms with Crippen LogP contribution in [0.4, 0.5) is 0 Å². The summed E-state index contributed by atoms with van der Waals surface area (Å²) >= 11 is 0. The summed E-state index contributed by atoms with van der Waals surface area (Å²) in [7, 11) is 3.28. The van der Waals surface area contributed by atoms with Crippen molar-refractivity contribution in [2.75, 3.05) is 14.2 Å². The summed E-state index contributed by atoms with van der Waals surface area (Å²) in [6, 6.07) is 11.3. The lowest BCUT2D eigenvalue weighted by molar-refractivity contribution is 0.397. The highest BCUT2D eigenvalue weighted by Crippen LogP contribution is 2.35. The Morgan fingerprint density at radius 2 is 1.83 bits per heavy atom. The molecule has 0 aliphatic rings. The molecule has 0 aliphatic carbocycles. The average molecular weight is 323 g/mol. The van der Waals surface area contributed by atoms with Gasteiger partial charge in [0.25, 0.3) is 0 Å². The standard InChI is InChI=1S/C20H21NO3/c1-5-13-9-14(22)6-7-16(13)18-8-12(2)17-10-15(23-3)11-19(24-4)20(17)21-18/h6-11,22H,5H2,1-4H3. The lowest BCUT2D eigenvalue weighted by Gasteiger charge is -2.14. The van der Waals surface area contributed by atoms with E-state index in [9.17, 15) is 5.11 Å². The second-order valence-electron chi connectivity index (χ2n) is 5.75. The van der Waals surface area contributed by atoms with E-state index in [1.54, 1.807) is 26.4 Å². The first-order valence-corrected chi connectivity index (χ1v) is 7.93. The lowest BCUT2D eigenvalue weighted by atomic mass is 9.99. The van der Waals surface area contributed by atoms with Crippen LogP contribution in [0.1, 0.15) is 18.1 Å². The monoisotopic (exact) mass is 323 g/mol. The van der Waals surface area contributed by atoms with E-state index in [0.717, 1.165) is 45.5 Å². The second-order valence-corrected chi connectivity index (χ2v) is 5.75. The van der Waals surface area contributed by atoms with Crippen LogP contribution in [-0.4, -0.2) is 24.3 Å². The molecule has 0 amide bonds. The molecular formula is C20H21NO3. The zero-order valence-corrected chi connectivity index (χ0v) is 14.4. The van der Waals surface area contributed by atoms with E-state index < -0.39 is 0 Å². The molecule has 0 atom stereocenters. The Kier molecular flexibility index (Phi) is 4.30. The molecule has 0 radical (unpaired) electrons. The number of aromatic nitrogens is 1. The molecule has 4 nitrogen and oxygen atoms in total. The zero-order chi connectivity index (χ0) is 17.3. The van der Waals surface area contributed by atoms with E-state index in [1.165, 1.54) is 0 Å². The second kappa shape index (κ2) is 6.40. The highest BCUT2D eigenvalue weighted by atomic mass is 16.5. The largest absolute Gasteiger partial charge is 0.508 e. The SMILES string of the molecule is CCc1cc(O)ccc1-c1cc(C)c2cc(OC)cc(OC)c2n1. The molecule has 0 saturated carbocycles. The Hall–Kier alpha value is -2.75. The fraction of sp³-hybridized carbons (Fsp3) is 0.250. The van der Waals surface area contributed by atoms with Crippen LogP contribution >= 0.6 is 0 Å². The van der Waals surface area contributed by atoms with Gasteiger partial charge in [0.2, 0.25) is 0 Å². The van der Waals surface area contributed by atoms with Gasteiger partial charge in [-0.05, 0) is 54.8 Å². The minimum absolute atomic E-state index is 0.274. The Labute approximate surface area is 141 Å². The van der Waals surface area contributed by atoms with Gasteiger partial charge in [0, 0.05) is 17.0 Å². The fourth-order valence-electron chi connectivity index (χ4n) is 2.97. The van der Waals surface area contributed by atoms with Gasteiger partial charge >= 0.3 is 0 Å². The van der Waals surface area contributed by atoms with Crippen molar-refractivity contribution in [3.63, 3.8) is 0 Å². The average Bonchev–Trinajstić information content (AvgIpc) is 2.60. The van der Waals surface area contributed by atoms with Crippen molar-refractivity contribution in [2.24, 2.45) is 0 Å². The molecule has 0 bridgehead atoms. The molecule has 124 valence electrons. The molecule has 1 N–H and O–H groups in total. The number of benzene rings is 2. The van der Waals surface area contributed by atoms with Gasteiger partial charge in [0.15, 0.2) is 0 Å². The van der Waals surface area contributed by atoms with Crippen molar-refractivity contribution < 1.29 is 14.6 Å². The molecule has 1 heterocycles. The first-order chi connectivity index (χ1) is 11.6. The molecular weight excluding hydrogens is 302 g/mol. The fourth-order valence-corrected chi connectivity index (χ4v) is 2.97. The topological polar surface area (TPSA) is 51.6 Å². The predicted octanol–water partition coefficient (Wildman–Crippen LogP) is 4.50. The van der Waals surface area contributed by atoms with E-state index in [2.05, 4.69) is 19.9 Å². The minimum Gasteiger partial charge on any atom is -0.508 e. The third-order valence-corrected chi connectivity index (χ3v) is 4.26. The van der Waals surface area contributed by atoms with Crippen molar-refractivity contribution in [1.29, 1.82) is 0 Å². The van der Waals surface area contributed by atoms with E-state index in [-0.39, 0.29) is 5.75 Å². The normalized spacial score (nSPS) is 10.8. The van der Waals surface area contributed by atoms with Gasteiger partial charge in [-0.1, -0.05) is 6.92 Å². The number of hydrogen-bond acceptors (Lipinski definition) is 4. The van der Waals surface area contributed by atoms with Crippen molar-refractivity contribution in [3.05, 3.63) is 47.5 Å². The van der Waals surface area contributed by atoms with Crippen molar-refractivity contribution >= 4 is 10.9 Å². The zero-order valence-electron chi connectivity index (χ0n) is 14.4. The Balaban J connectivity index is 2.28. The molecule has 3 rings (SSSR count). The summed E-state index contributed by atoms with van der Waals surface area (Å²) in [5.74, 6) is 1.71. The van der Waals surface area contributed by atoms with Crippen LogP contribution in [0.5, 0.6) is 17.2 Å². The number of ether oxygens (including phenoxy) is 2. The lowest BCUT2D eigenvalue weighted by Crippen LogP contribution is -1.96. The number of hydrogen-bond donors (Lipinski definition) is 1. The van der Waals surface area contributed by atoms with Gasteiger partial charge in [0.1, 0.15) is 22.8 Å². The molecule has 2 aromatic carbocycles. The first-order valence-electron chi connectivity index (χ1n) is 7.93. The summed E-state index contributed by atoms with van der Waals surface area (Å²) in [4.78, 5) is 4.83. The minimum atomic E-state index is 0.274. The van der Waals surface area contributed by atoms with E-state index in [1.807, 2.05) is 18.2 Å². The Morgan fingerprint density at radius 3 is 2.50 bits per heavy atom. The molecule has 24 heavy (non-hydrogen) atoms. The van der Waals surface area contributed by atoms with Gasteiger partial charge in [-0.3, -0.25) is 0 Å². The quantitative estimate of drug-likeness (QED) is 0.768. The van der Waals surface area contributed by atoms with E-state index >= 15 is 0 Å². The van der Waals surface area contributed by atoms with Gasteiger partial charge in [-0.2, -0.15) is 0 Å². The van der Waals surface area contributed by atoms with Crippen LogP contribution in [0.2, 0.25) is 0 Å². The smallest absolute Gasteiger partial charge is 0.148 e. The number of nitrogens with zero attached hydrogens (tertiary/aromatic N) is 1. The van der Waals surface area contributed by atoms with Gasteiger partial charge in [-0.25, -0.2) is 4.98 Å². The summed E-state index contributed by atoms with van der Waals surface area (Å²) in [6.45, 7) is 4.12. The Bertz CT molecular complexity index is 903. The Morgan fingerprint density at radius 1 is 1.04 bits per heavy atom. The number of methoxy groups -OCH3 is 2.